The number of aryl methyl sites for hydroxylation is 1. The van der Waals surface area contributed by atoms with Crippen LogP contribution in [0.4, 0.5) is 26.3 Å². The number of benzene rings is 6. The van der Waals surface area contributed by atoms with E-state index in [1.165, 1.54) is 68.6 Å². The summed E-state index contributed by atoms with van der Waals surface area (Å²) in [6, 6.07) is 31.4. The van der Waals surface area contributed by atoms with Crippen LogP contribution in [0.2, 0.25) is 0 Å². The third-order valence-electron chi connectivity index (χ3n) is 13.5. The minimum Gasteiger partial charge on any atom is -0.505 e. The van der Waals surface area contributed by atoms with Gasteiger partial charge in [-0.3, -0.25) is 9.79 Å². The van der Waals surface area contributed by atoms with Crippen molar-refractivity contribution in [3.8, 4) is 46.3 Å². The van der Waals surface area contributed by atoms with Crippen LogP contribution < -0.4 is 35.9 Å². The van der Waals surface area contributed by atoms with Gasteiger partial charge in [0.15, 0.2) is 34.6 Å². The summed E-state index contributed by atoms with van der Waals surface area (Å²) in [6.07, 6.45) is -0.626. The number of aliphatic hydroxyl groups excluding tert-OH is 4. The average molecular weight is 1350 g/mol. The second-order valence-corrected chi connectivity index (χ2v) is 21.7. The number of hydrogen-bond acceptors (Lipinski definition) is 18. The normalized spacial score (nSPS) is 12.8. The second-order valence-electron chi connectivity index (χ2n) is 21.7. The molecule has 0 saturated carbocycles. The summed E-state index contributed by atoms with van der Waals surface area (Å²) in [4.78, 5) is 14.9. The predicted molar refractivity (Wildman–Crippen MR) is 354 cm³/mol. The molecular formula is C69H91F6N7O14. The van der Waals surface area contributed by atoms with Crippen molar-refractivity contribution in [1.29, 1.82) is 5.26 Å². The lowest BCUT2D eigenvalue weighted by Crippen LogP contribution is -2.30. The van der Waals surface area contributed by atoms with E-state index in [1.54, 1.807) is 52.3 Å². The van der Waals surface area contributed by atoms with Crippen LogP contribution in [0.5, 0.6) is 40.2 Å². The molecule has 0 radical (unpaired) electrons. The molecule has 7 aromatic rings. The predicted octanol–water partition coefficient (Wildman–Crippen LogP) is 9.55. The molecule has 7 rings (SSSR count). The molecule has 27 heteroatoms. The molecule has 0 aliphatic heterocycles. The van der Waals surface area contributed by atoms with E-state index in [0.717, 1.165) is 34.2 Å². The van der Waals surface area contributed by atoms with Crippen LogP contribution in [-0.4, -0.2) is 162 Å². The highest BCUT2D eigenvalue weighted by molar-refractivity contribution is 5.81. The summed E-state index contributed by atoms with van der Waals surface area (Å²) in [5.74, 6) is -3.84. The Hall–Kier alpha value is -8.85. The Bertz CT molecular complexity index is 3440. The van der Waals surface area contributed by atoms with E-state index in [1.807, 2.05) is 48.9 Å². The first-order chi connectivity index (χ1) is 45.7. The van der Waals surface area contributed by atoms with Gasteiger partial charge in [-0.1, -0.05) is 57.2 Å². The Morgan fingerprint density at radius 2 is 1.30 bits per heavy atom. The minimum absolute atomic E-state index is 0.0129. The van der Waals surface area contributed by atoms with Crippen molar-refractivity contribution in [2.45, 2.75) is 84.1 Å². The van der Waals surface area contributed by atoms with Crippen LogP contribution in [0, 0.1) is 40.6 Å². The summed E-state index contributed by atoms with van der Waals surface area (Å²) >= 11 is 0. The maximum Gasteiger partial charge on any atom is 0.306 e. The number of fused-ring (bicyclic) bond motifs is 1. The number of nitrogens with two attached hydrogens (primary N) is 1. The van der Waals surface area contributed by atoms with Crippen molar-refractivity contribution in [3.63, 3.8) is 0 Å². The lowest BCUT2D eigenvalue weighted by molar-refractivity contribution is -0.141. The molecule has 0 spiro atoms. The zero-order chi connectivity index (χ0) is 71.9. The number of phenolic OH excluding ortho intramolecular Hbond substituents is 4. The molecule has 14 N–H and O–H groups in total. The molecule has 6 unspecified atom stereocenters. The van der Waals surface area contributed by atoms with Crippen LogP contribution in [-0.2, 0) is 29.0 Å². The fraction of sp³-hybridized carbons (Fsp3) is 0.406. The fourth-order valence-corrected chi connectivity index (χ4v) is 8.62. The van der Waals surface area contributed by atoms with E-state index in [2.05, 4.69) is 27.0 Å². The smallest absolute Gasteiger partial charge is 0.306 e. The lowest BCUT2D eigenvalue weighted by atomic mass is 9.99. The van der Waals surface area contributed by atoms with E-state index in [4.69, 9.17) is 40.2 Å². The van der Waals surface area contributed by atoms with E-state index in [-0.39, 0.29) is 67.4 Å². The molecule has 1 heterocycles. The maximum atomic E-state index is 13.1. The van der Waals surface area contributed by atoms with Crippen molar-refractivity contribution >= 4 is 22.7 Å². The van der Waals surface area contributed by atoms with Gasteiger partial charge < -0.3 is 91.2 Å². The lowest BCUT2D eigenvalue weighted by Gasteiger charge is -2.21. The molecule has 96 heavy (non-hydrogen) atoms. The monoisotopic (exact) mass is 1350 g/mol. The number of nitriles is 1. The van der Waals surface area contributed by atoms with Gasteiger partial charge >= 0.3 is 5.97 Å². The number of halogens is 6. The third-order valence-corrected chi connectivity index (χ3v) is 13.5. The fourth-order valence-electron chi connectivity index (χ4n) is 8.62. The molecule has 0 aliphatic rings. The molecule has 0 saturated heterocycles. The number of aromatic hydroxyl groups is 4. The largest absolute Gasteiger partial charge is 0.505 e. The number of rotatable bonds is 29. The highest BCUT2D eigenvalue weighted by atomic mass is 18.2. The number of aliphatic carboxylic acids is 1. The van der Waals surface area contributed by atoms with Crippen LogP contribution in [0.25, 0.3) is 10.9 Å². The van der Waals surface area contributed by atoms with Crippen LogP contribution in [0.3, 0.4) is 0 Å². The van der Waals surface area contributed by atoms with Gasteiger partial charge in [-0.2, -0.15) is 5.26 Å². The van der Waals surface area contributed by atoms with Gasteiger partial charge in [0.1, 0.15) is 81.0 Å². The molecular weight excluding hydrogens is 1260 g/mol. The van der Waals surface area contributed by atoms with E-state index in [0.29, 0.717) is 67.4 Å². The Kier molecular flexibility index (Phi) is 39.5. The number of aromatic nitrogens is 1. The minimum atomic E-state index is -0.966. The molecule has 6 atom stereocenters. The number of methoxy groups -OCH3 is 1. The molecule has 0 fully saturated rings. The standard InChI is InChI=1S/C13H16FN3.C12H15FO5.C12H17FO2.C11H13FN2O2.C11H16FNO3.C10H14FNO2/c1-10(15)16-9-11-2-3-13-12(8-11)4-6-17(13)7-5-14;1-7(12(16)17)4-8-5-9(14)11(10(15)6-8)18-3-2-13;1-9(2)12(14)10-4-3-5-11(8-10)15-7-6-13;1-14-6-8(15)7-16-11-4-2-3-10(12)9(11)5-13;1-13-6-10(15)11(16-2)7-3-4-8(12)9(14)5-7;1-12-5-4-9(13)7-2-3-8(11)10(14)6-7/h2-4,6,8H,5,7,9H2,1H3,(H2,15,16);5-7,14-15H,2-4H2,1H3,(H,16,17);3-5,8-9,12,14H,6-7H2,1-2H3;2-4,8,14-15H,6-7H2,1H3;3-5,10-11,13-15H,6H2,1-2H3;2-3,6,9,12-14H,4-5H2,1H3/i14-1;2*13-1;2*12-1;11-1. The molecule has 0 bridgehead atoms. The quantitative estimate of drug-likeness (QED) is 0.0118. The van der Waals surface area contributed by atoms with Gasteiger partial charge in [-0.25, -0.2) is 26.3 Å². The number of nitrogens with zero attached hydrogens (tertiary/aromatic N) is 3. The number of carboxylic acids is 1. The molecule has 1 aromatic heterocycles. The molecule has 528 valence electrons. The maximum absolute atomic E-state index is 13.1. The highest BCUT2D eigenvalue weighted by Crippen LogP contribution is 2.38. The summed E-state index contributed by atoms with van der Waals surface area (Å²) in [5, 5.41) is 103. The number of carboxylic acid groups (broad SMARTS) is 1. The number of carbonyl (C=O) groups is 1. The van der Waals surface area contributed by atoms with Crippen molar-refractivity contribution in [2.24, 2.45) is 22.6 Å². The first-order valence-corrected chi connectivity index (χ1v) is 30.4. The van der Waals surface area contributed by atoms with E-state index in [9.17, 15) is 66.9 Å². The molecule has 21 nitrogen and oxygen atoms in total. The Morgan fingerprint density at radius 3 is 1.85 bits per heavy atom. The second kappa shape index (κ2) is 45.5. The number of aliphatic hydroxyl groups is 4. The van der Waals surface area contributed by atoms with Crippen LogP contribution in [0.15, 0.2) is 126 Å². The van der Waals surface area contributed by atoms with Gasteiger partial charge in [-0.05, 0) is 165 Å². The number of ether oxygens (including phenoxy) is 4. The molecule has 0 aliphatic carbocycles. The number of hydrogen-bond donors (Lipinski definition) is 13. The van der Waals surface area contributed by atoms with Crippen molar-refractivity contribution in [3.05, 3.63) is 172 Å². The van der Waals surface area contributed by atoms with Crippen LogP contribution >= 0.6 is 0 Å². The van der Waals surface area contributed by atoms with Crippen molar-refractivity contribution < 1.29 is 96.0 Å². The number of likely N-dealkylation sites (N-methyl/N-ethyl adjacent to an activating group) is 2. The summed E-state index contributed by atoms with van der Waals surface area (Å²) in [5.41, 5.74) is 9.86. The summed E-state index contributed by atoms with van der Waals surface area (Å²) in [7, 11) is 6.64. The zero-order valence-electron chi connectivity index (χ0n) is 55.0. The Morgan fingerprint density at radius 1 is 0.688 bits per heavy atom. The van der Waals surface area contributed by atoms with Gasteiger partial charge in [0, 0.05) is 31.9 Å². The summed E-state index contributed by atoms with van der Waals surface area (Å²) in [6.45, 7) is 7.77. The zero-order valence-corrected chi connectivity index (χ0v) is 55.0. The SMILES string of the molecule is CC(C)C(O)c1cccc(OCC[18F])c1.CC(Cc1cc(O)c(OCC[18F])c(O)c1)C(=O)O.CC(N)=NCc1ccc2c(ccn2CC[18F])c1.CNCC(O)C(OC)c1ccc([18F])c(O)c1.CNCC(O)COc1cccc([18F])c1C#N.CNCCC(O)c1ccc([18F])c(O)c1. The third kappa shape index (κ3) is 29.8. The van der Waals surface area contributed by atoms with Crippen LogP contribution in [0.1, 0.15) is 85.8 Å². The van der Waals surface area contributed by atoms with E-state index >= 15 is 0 Å². The van der Waals surface area contributed by atoms with Gasteiger partial charge in [0.25, 0.3) is 0 Å². The van der Waals surface area contributed by atoms with Gasteiger partial charge in [-0.15, -0.1) is 0 Å². The number of aliphatic imine (C=N–C) groups is 1. The van der Waals surface area contributed by atoms with Gasteiger partial charge in [0.2, 0.25) is 5.75 Å². The highest BCUT2D eigenvalue weighted by Gasteiger charge is 2.22. The molecule has 6 aromatic carbocycles. The first kappa shape index (κ1) is 83.2. The first-order valence-electron chi connectivity index (χ1n) is 30.4. The number of amidine groups is 1. The summed E-state index contributed by atoms with van der Waals surface area (Å²) < 4.78 is 97.0. The van der Waals surface area contributed by atoms with E-state index < -0.39 is 84.7 Å². The average Bonchev–Trinajstić information content (AvgIpc) is 1.84. The number of alkyl halides is 3. The van der Waals surface area contributed by atoms with Gasteiger partial charge in [0.05, 0.1) is 43.2 Å². The molecule has 0 amide bonds. The topological polar surface area (TPSA) is 339 Å². The van der Waals surface area contributed by atoms with Crippen molar-refractivity contribution in [1.82, 2.24) is 20.5 Å². The number of phenols is 4. The Labute approximate surface area is 555 Å². The Balaban J connectivity index is 0.000000393. The van der Waals surface area contributed by atoms with Crippen molar-refractivity contribution in [2.75, 3.05) is 87.7 Å². The number of nitrogens with one attached hydrogen (secondary N) is 3.